The van der Waals surface area contributed by atoms with E-state index < -0.39 is 0 Å². The summed E-state index contributed by atoms with van der Waals surface area (Å²) in [6, 6.07) is 7.27. The van der Waals surface area contributed by atoms with Crippen LogP contribution in [0, 0.1) is 0 Å². The van der Waals surface area contributed by atoms with Gasteiger partial charge >= 0.3 is 0 Å². The Labute approximate surface area is 80.6 Å². The second-order valence-corrected chi connectivity index (χ2v) is 2.89. The fourth-order valence-corrected chi connectivity index (χ4v) is 1.17. The Balaban J connectivity index is 2.39. The van der Waals surface area contributed by atoms with Crippen molar-refractivity contribution in [3.63, 3.8) is 0 Å². The van der Waals surface area contributed by atoms with Crippen LogP contribution in [0.2, 0.25) is 0 Å². The first kappa shape index (κ1) is 8.71. The monoisotopic (exact) mass is 190 g/mol. The van der Waals surface area contributed by atoms with Crippen LogP contribution >= 0.6 is 0 Å². The van der Waals surface area contributed by atoms with Crippen LogP contribution in [0.25, 0.3) is 11.4 Å². The zero-order valence-electron chi connectivity index (χ0n) is 7.44. The highest BCUT2D eigenvalue weighted by Gasteiger charge is 2.04. The van der Waals surface area contributed by atoms with E-state index in [1.807, 2.05) is 12.1 Å². The highest BCUT2D eigenvalue weighted by molar-refractivity contribution is 5.60. The number of hydrogen-bond acceptors (Lipinski definition) is 4. The maximum absolute atomic E-state index is 8.79. The number of hydrogen-bond donors (Lipinski definition) is 3. The quantitative estimate of drug-likeness (QED) is 0.603. The van der Waals surface area contributed by atoms with Crippen LogP contribution < -0.4 is 5.73 Å². The van der Waals surface area contributed by atoms with Gasteiger partial charge in [0.25, 0.3) is 0 Å². The van der Waals surface area contributed by atoms with Gasteiger partial charge in [-0.2, -0.15) is 5.10 Å². The summed E-state index contributed by atoms with van der Waals surface area (Å²) < 4.78 is 0. The standard InChI is InChI=1S/C9H10N4O/c10-7-3-1-2-6(4-7)9-11-8(5-14)12-13-9/h1-4,14H,5,10H2,(H,11,12,13). The third-order valence-corrected chi connectivity index (χ3v) is 1.83. The largest absolute Gasteiger partial charge is 0.399 e. The molecule has 0 aliphatic carbocycles. The van der Waals surface area contributed by atoms with Gasteiger partial charge in [-0.15, -0.1) is 0 Å². The van der Waals surface area contributed by atoms with Gasteiger partial charge in [-0.3, -0.25) is 5.10 Å². The molecule has 0 atom stereocenters. The molecule has 0 aliphatic rings. The lowest BCUT2D eigenvalue weighted by atomic mass is 10.2. The molecule has 5 nitrogen and oxygen atoms in total. The molecule has 5 heteroatoms. The molecule has 0 bridgehead atoms. The van der Waals surface area contributed by atoms with Crippen LogP contribution in [0.1, 0.15) is 5.82 Å². The van der Waals surface area contributed by atoms with Crippen LogP contribution in [0.3, 0.4) is 0 Å². The fourth-order valence-electron chi connectivity index (χ4n) is 1.17. The van der Waals surface area contributed by atoms with Crippen LogP contribution in [0.15, 0.2) is 24.3 Å². The average molecular weight is 190 g/mol. The smallest absolute Gasteiger partial charge is 0.181 e. The third-order valence-electron chi connectivity index (χ3n) is 1.83. The molecule has 4 N–H and O–H groups in total. The lowest BCUT2D eigenvalue weighted by molar-refractivity contribution is 0.272. The molecule has 2 aromatic rings. The van der Waals surface area contributed by atoms with E-state index in [9.17, 15) is 0 Å². The van der Waals surface area contributed by atoms with Crippen molar-refractivity contribution in [1.29, 1.82) is 0 Å². The van der Waals surface area contributed by atoms with Gasteiger partial charge in [0.15, 0.2) is 11.6 Å². The van der Waals surface area contributed by atoms with E-state index in [1.54, 1.807) is 12.1 Å². The number of aromatic amines is 1. The van der Waals surface area contributed by atoms with Gasteiger partial charge in [-0.25, -0.2) is 4.98 Å². The van der Waals surface area contributed by atoms with Crippen molar-refractivity contribution in [3.8, 4) is 11.4 Å². The summed E-state index contributed by atoms with van der Waals surface area (Å²) in [5.74, 6) is 0.990. The summed E-state index contributed by atoms with van der Waals surface area (Å²) in [6.45, 7) is -0.144. The molecule has 0 saturated heterocycles. The molecule has 0 radical (unpaired) electrons. The Morgan fingerprint density at radius 3 is 2.93 bits per heavy atom. The van der Waals surface area contributed by atoms with Gasteiger partial charge in [-0.1, -0.05) is 12.1 Å². The summed E-state index contributed by atoms with van der Waals surface area (Å²) in [5, 5.41) is 15.4. The number of nitrogens with two attached hydrogens (primary N) is 1. The number of rotatable bonds is 2. The average Bonchev–Trinajstić information content (AvgIpc) is 2.66. The number of nitrogens with one attached hydrogen (secondary N) is 1. The lowest BCUT2D eigenvalue weighted by Gasteiger charge is -1.95. The molecular weight excluding hydrogens is 180 g/mol. The predicted octanol–water partition coefficient (Wildman–Crippen LogP) is 0.546. The van der Waals surface area contributed by atoms with Crippen molar-refractivity contribution in [2.24, 2.45) is 0 Å². The van der Waals surface area contributed by atoms with Gasteiger partial charge in [0.1, 0.15) is 6.61 Å². The molecule has 0 amide bonds. The van der Waals surface area contributed by atoms with Gasteiger partial charge in [0.2, 0.25) is 0 Å². The normalized spacial score (nSPS) is 10.4. The van der Waals surface area contributed by atoms with Crippen molar-refractivity contribution < 1.29 is 5.11 Å². The number of H-pyrrole nitrogens is 1. The van der Waals surface area contributed by atoms with E-state index in [0.717, 1.165) is 5.56 Å². The van der Waals surface area contributed by atoms with E-state index in [-0.39, 0.29) is 6.61 Å². The Kier molecular flexibility index (Phi) is 2.16. The van der Waals surface area contributed by atoms with Gasteiger partial charge in [0, 0.05) is 11.3 Å². The van der Waals surface area contributed by atoms with E-state index in [2.05, 4.69) is 15.2 Å². The Morgan fingerprint density at radius 2 is 2.29 bits per heavy atom. The molecule has 0 saturated carbocycles. The molecule has 0 spiro atoms. The van der Waals surface area contributed by atoms with Crippen molar-refractivity contribution in [1.82, 2.24) is 15.2 Å². The molecular formula is C9H10N4O. The second-order valence-electron chi connectivity index (χ2n) is 2.89. The minimum Gasteiger partial charge on any atom is -0.399 e. The summed E-state index contributed by atoms with van der Waals surface area (Å²) in [7, 11) is 0. The number of aliphatic hydroxyl groups is 1. The Bertz CT molecular complexity index is 438. The van der Waals surface area contributed by atoms with Crippen molar-refractivity contribution >= 4 is 5.69 Å². The molecule has 0 unspecified atom stereocenters. The second kappa shape index (κ2) is 3.47. The highest BCUT2D eigenvalue weighted by atomic mass is 16.3. The molecule has 14 heavy (non-hydrogen) atoms. The van der Waals surface area contributed by atoms with E-state index in [4.69, 9.17) is 10.8 Å². The van der Waals surface area contributed by atoms with E-state index >= 15 is 0 Å². The summed E-state index contributed by atoms with van der Waals surface area (Å²) >= 11 is 0. The van der Waals surface area contributed by atoms with Crippen LogP contribution in [-0.4, -0.2) is 20.3 Å². The maximum atomic E-state index is 8.79. The van der Waals surface area contributed by atoms with Crippen molar-refractivity contribution in [2.75, 3.05) is 5.73 Å². The van der Waals surface area contributed by atoms with E-state index in [0.29, 0.717) is 17.3 Å². The Morgan fingerprint density at radius 1 is 1.43 bits per heavy atom. The first-order valence-corrected chi connectivity index (χ1v) is 4.17. The zero-order chi connectivity index (χ0) is 9.97. The van der Waals surface area contributed by atoms with E-state index in [1.165, 1.54) is 0 Å². The number of benzene rings is 1. The molecule has 0 aliphatic heterocycles. The van der Waals surface area contributed by atoms with Gasteiger partial charge in [-0.05, 0) is 12.1 Å². The first-order chi connectivity index (χ1) is 6.79. The number of anilines is 1. The van der Waals surface area contributed by atoms with Crippen LogP contribution in [0.5, 0.6) is 0 Å². The SMILES string of the molecule is Nc1cccc(-c2n[nH]c(CO)n2)c1. The zero-order valence-corrected chi connectivity index (χ0v) is 7.44. The summed E-state index contributed by atoms with van der Waals surface area (Å²) in [4.78, 5) is 4.07. The Hall–Kier alpha value is -1.88. The molecule has 2 rings (SSSR count). The fraction of sp³-hybridized carbons (Fsp3) is 0.111. The summed E-state index contributed by atoms with van der Waals surface area (Å²) in [6.07, 6.45) is 0. The number of aliphatic hydroxyl groups excluding tert-OH is 1. The van der Waals surface area contributed by atoms with Gasteiger partial charge in [0.05, 0.1) is 0 Å². The molecule has 72 valence electrons. The van der Waals surface area contributed by atoms with Crippen molar-refractivity contribution in [2.45, 2.75) is 6.61 Å². The van der Waals surface area contributed by atoms with Crippen LogP contribution in [-0.2, 0) is 6.61 Å². The van der Waals surface area contributed by atoms with Gasteiger partial charge < -0.3 is 10.8 Å². The number of aromatic nitrogens is 3. The minimum absolute atomic E-state index is 0.144. The third kappa shape index (κ3) is 1.57. The lowest BCUT2D eigenvalue weighted by Crippen LogP contribution is -1.87. The molecule has 1 aromatic heterocycles. The number of nitrogen functional groups attached to an aromatic ring is 1. The van der Waals surface area contributed by atoms with Crippen molar-refractivity contribution in [3.05, 3.63) is 30.1 Å². The minimum atomic E-state index is -0.144. The molecule has 0 fully saturated rings. The number of nitrogens with zero attached hydrogens (tertiary/aromatic N) is 2. The maximum Gasteiger partial charge on any atom is 0.181 e. The highest BCUT2D eigenvalue weighted by Crippen LogP contribution is 2.16. The predicted molar refractivity (Wildman–Crippen MR) is 52.2 cm³/mol. The molecule has 1 aromatic carbocycles. The topological polar surface area (TPSA) is 87.8 Å². The summed E-state index contributed by atoms with van der Waals surface area (Å²) in [5.41, 5.74) is 7.12. The molecule has 1 heterocycles. The first-order valence-electron chi connectivity index (χ1n) is 4.17. The van der Waals surface area contributed by atoms with Crippen LogP contribution in [0.4, 0.5) is 5.69 Å².